The molecule has 1 aromatic rings. The van der Waals surface area contributed by atoms with E-state index >= 15 is 0 Å². The van der Waals surface area contributed by atoms with Crippen molar-refractivity contribution < 1.29 is 28.0 Å². The lowest BCUT2D eigenvalue weighted by Crippen LogP contribution is -2.50. The van der Waals surface area contributed by atoms with Gasteiger partial charge in [0.1, 0.15) is 0 Å². The standard InChI is InChI=1S/C23H35N3O6S/c1-17-7-9-19(10-8-17)33(30,31)25(2)16-21(22(27)24-29)20(15-18-5-3-4-6-18)23(28)26-11-13-32-14-12-26/h7-10,18,20-21,29H,3-6,11-16H2,1-2H3,(H,24,27)/t20-,21+/m1/s1. The third-order valence-corrected chi connectivity index (χ3v) is 8.66. The molecular formula is C23H35N3O6S. The summed E-state index contributed by atoms with van der Waals surface area (Å²) in [5.74, 6) is -2.37. The highest BCUT2D eigenvalue weighted by Gasteiger charge is 2.40. The summed E-state index contributed by atoms with van der Waals surface area (Å²) in [6.45, 7) is 3.39. The molecule has 10 heteroatoms. The molecule has 0 bridgehead atoms. The number of morpholine rings is 1. The van der Waals surface area contributed by atoms with E-state index in [0.717, 1.165) is 35.6 Å². The van der Waals surface area contributed by atoms with E-state index in [2.05, 4.69) is 0 Å². The van der Waals surface area contributed by atoms with E-state index in [9.17, 15) is 23.2 Å². The second kappa shape index (κ2) is 11.4. The first-order valence-electron chi connectivity index (χ1n) is 11.6. The second-order valence-electron chi connectivity index (χ2n) is 9.11. The first-order chi connectivity index (χ1) is 15.7. The Hall–Kier alpha value is -2.01. The minimum atomic E-state index is -3.88. The number of nitrogens with zero attached hydrogens (tertiary/aromatic N) is 2. The van der Waals surface area contributed by atoms with Crippen molar-refractivity contribution in [3.63, 3.8) is 0 Å². The second-order valence-corrected chi connectivity index (χ2v) is 11.2. The summed E-state index contributed by atoms with van der Waals surface area (Å²) in [7, 11) is -2.48. The van der Waals surface area contributed by atoms with Gasteiger partial charge >= 0.3 is 0 Å². The Labute approximate surface area is 196 Å². The number of nitrogens with one attached hydrogen (secondary N) is 1. The fraction of sp³-hybridized carbons (Fsp3) is 0.652. The van der Waals surface area contributed by atoms with Crippen molar-refractivity contribution in [2.24, 2.45) is 17.8 Å². The van der Waals surface area contributed by atoms with Crippen molar-refractivity contribution in [2.75, 3.05) is 39.9 Å². The van der Waals surface area contributed by atoms with Crippen LogP contribution < -0.4 is 5.48 Å². The molecule has 184 valence electrons. The van der Waals surface area contributed by atoms with Gasteiger partial charge in [-0.15, -0.1) is 0 Å². The Morgan fingerprint density at radius 3 is 2.33 bits per heavy atom. The Balaban J connectivity index is 1.87. The number of carbonyl (C=O) groups excluding carboxylic acids is 2. The van der Waals surface area contributed by atoms with Crippen LogP contribution >= 0.6 is 0 Å². The molecule has 9 nitrogen and oxygen atoms in total. The minimum absolute atomic E-state index is 0.116. The van der Waals surface area contributed by atoms with Gasteiger partial charge in [0.2, 0.25) is 21.8 Å². The van der Waals surface area contributed by atoms with Gasteiger partial charge in [0, 0.05) is 26.7 Å². The monoisotopic (exact) mass is 481 g/mol. The summed E-state index contributed by atoms with van der Waals surface area (Å²) in [6.07, 6.45) is 4.63. The molecule has 2 amide bonds. The molecule has 0 aromatic heterocycles. The maximum atomic E-state index is 13.5. The summed E-state index contributed by atoms with van der Waals surface area (Å²) >= 11 is 0. The van der Waals surface area contributed by atoms with Crippen molar-refractivity contribution in [3.05, 3.63) is 29.8 Å². The molecule has 3 rings (SSSR count). The number of rotatable bonds is 9. The van der Waals surface area contributed by atoms with E-state index in [-0.39, 0.29) is 17.3 Å². The molecule has 1 aliphatic heterocycles. The van der Waals surface area contributed by atoms with Crippen LogP contribution in [0.2, 0.25) is 0 Å². The Kier molecular flexibility index (Phi) is 8.86. The molecule has 2 atom stereocenters. The zero-order valence-corrected chi connectivity index (χ0v) is 20.2. The van der Waals surface area contributed by atoms with Gasteiger partial charge in [0.15, 0.2) is 0 Å². The average molecular weight is 482 g/mol. The van der Waals surface area contributed by atoms with E-state index in [4.69, 9.17) is 4.74 Å². The molecule has 0 unspecified atom stereocenters. The van der Waals surface area contributed by atoms with E-state index in [0.29, 0.717) is 38.6 Å². The summed E-state index contributed by atoms with van der Waals surface area (Å²) in [6, 6.07) is 6.47. The number of carbonyl (C=O) groups is 2. The summed E-state index contributed by atoms with van der Waals surface area (Å²) in [5.41, 5.74) is 2.61. The molecule has 2 N–H and O–H groups in total. The normalized spacial score (nSPS) is 19.5. The summed E-state index contributed by atoms with van der Waals surface area (Å²) in [4.78, 5) is 28.1. The summed E-state index contributed by atoms with van der Waals surface area (Å²) < 4.78 is 32.8. The highest BCUT2D eigenvalue weighted by molar-refractivity contribution is 7.89. The van der Waals surface area contributed by atoms with Crippen LogP contribution in [0.4, 0.5) is 0 Å². The number of ether oxygens (including phenoxy) is 1. The van der Waals surface area contributed by atoms with Crippen LogP contribution in [0.25, 0.3) is 0 Å². The van der Waals surface area contributed by atoms with Crippen LogP contribution in [0, 0.1) is 24.7 Å². The van der Waals surface area contributed by atoms with Crippen LogP contribution in [0.3, 0.4) is 0 Å². The average Bonchev–Trinajstić information content (AvgIpc) is 3.34. The highest BCUT2D eigenvalue weighted by Crippen LogP contribution is 2.34. The van der Waals surface area contributed by atoms with Gasteiger partial charge in [-0.3, -0.25) is 14.8 Å². The van der Waals surface area contributed by atoms with Gasteiger partial charge in [0.05, 0.1) is 29.9 Å². The molecule has 2 aliphatic rings. The quantitative estimate of drug-likeness (QED) is 0.410. The molecule has 1 aromatic carbocycles. The molecule has 1 aliphatic carbocycles. The molecular weight excluding hydrogens is 446 g/mol. The van der Waals surface area contributed by atoms with Crippen LogP contribution in [-0.2, 0) is 24.3 Å². The van der Waals surface area contributed by atoms with Crippen molar-refractivity contribution in [3.8, 4) is 0 Å². The molecule has 1 saturated carbocycles. The fourth-order valence-corrected chi connectivity index (χ4v) is 6.00. The largest absolute Gasteiger partial charge is 0.378 e. The summed E-state index contributed by atoms with van der Waals surface area (Å²) in [5, 5.41) is 9.46. The Morgan fingerprint density at radius 1 is 1.15 bits per heavy atom. The molecule has 2 fully saturated rings. The van der Waals surface area contributed by atoms with E-state index in [1.54, 1.807) is 22.5 Å². The molecule has 1 heterocycles. The smallest absolute Gasteiger partial charge is 0.248 e. The lowest BCUT2D eigenvalue weighted by Gasteiger charge is -2.35. The van der Waals surface area contributed by atoms with Gasteiger partial charge < -0.3 is 9.64 Å². The van der Waals surface area contributed by atoms with Gasteiger partial charge in [-0.05, 0) is 31.4 Å². The lowest BCUT2D eigenvalue weighted by molar-refractivity contribution is -0.148. The first kappa shape index (κ1) is 25.6. The van der Waals surface area contributed by atoms with E-state index in [1.807, 2.05) is 6.92 Å². The van der Waals surface area contributed by atoms with Crippen molar-refractivity contribution >= 4 is 21.8 Å². The number of benzene rings is 1. The third-order valence-electron chi connectivity index (χ3n) is 6.82. The topological polar surface area (TPSA) is 116 Å². The number of aryl methyl sites for hydroxylation is 1. The van der Waals surface area contributed by atoms with Crippen molar-refractivity contribution in [2.45, 2.75) is 43.9 Å². The maximum Gasteiger partial charge on any atom is 0.248 e. The minimum Gasteiger partial charge on any atom is -0.378 e. The van der Waals surface area contributed by atoms with Gasteiger partial charge in [0.25, 0.3) is 0 Å². The predicted molar refractivity (Wildman–Crippen MR) is 122 cm³/mol. The molecule has 1 saturated heterocycles. The fourth-order valence-electron chi connectivity index (χ4n) is 4.80. The number of sulfonamides is 1. The van der Waals surface area contributed by atoms with Crippen LogP contribution in [-0.4, -0.2) is 74.5 Å². The maximum absolute atomic E-state index is 13.5. The van der Waals surface area contributed by atoms with Crippen LogP contribution in [0.5, 0.6) is 0 Å². The van der Waals surface area contributed by atoms with Gasteiger partial charge in [-0.2, -0.15) is 0 Å². The van der Waals surface area contributed by atoms with Crippen LogP contribution in [0.1, 0.15) is 37.7 Å². The number of hydrogen-bond acceptors (Lipinski definition) is 6. The zero-order valence-electron chi connectivity index (χ0n) is 19.4. The number of hydroxylamine groups is 1. The molecule has 0 radical (unpaired) electrons. The predicted octanol–water partition coefficient (Wildman–Crippen LogP) is 1.79. The zero-order chi connectivity index (χ0) is 24.0. The highest BCUT2D eigenvalue weighted by atomic mass is 32.2. The van der Waals surface area contributed by atoms with Crippen molar-refractivity contribution in [1.82, 2.24) is 14.7 Å². The van der Waals surface area contributed by atoms with Crippen molar-refractivity contribution in [1.29, 1.82) is 0 Å². The van der Waals surface area contributed by atoms with Gasteiger partial charge in [-0.25, -0.2) is 18.2 Å². The third kappa shape index (κ3) is 6.32. The Bertz CT molecular complexity index is 909. The number of hydrogen-bond donors (Lipinski definition) is 2. The Morgan fingerprint density at radius 2 is 1.76 bits per heavy atom. The van der Waals surface area contributed by atoms with Crippen LogP contribution in [0.15, 0.2) is 29.2 Å². The van der Waals surface area contributed by atoms with E-state index < -0.39 is 27.8 Å². The number of amides is 2. The molecule has 0 spiro atoms. The SMILES string of the molecule is Cc1ccc(S(=O)(=O)N(C)C[C@H](C(=O)NO)[C@@H](CC2CCCC2)C(=O)N2CCOCC2)cc1. The molecule has 33 heavy (non-hydrogen) atoms. The van der Waals surface area contributed by atoms with E-state index in [1.165, 1.54) is 19.2 Å². The first-order valence-corrected chi connectivity index (χ1v) is 13.0. The lowest BCUT2D eigenvalue weighted by atomic mass is 9.82. The van der Waals surface area contributed by atoms with Gasteiger partial charge in [-0.1, -0.05) is 43.4 Å².